The van der Waals surface area contributed by atoms with Crippen molar-refractivity contribution in [2.75, 3.05) is 0 Å². The fourth-order valence-corrected chi connectivity index (χ4v) is 4.78. The van der Waals surface area contributed by atoms with Gasteiger partial charge >= 0.3 is 12.1 Å². The molecule has 0 spiro atoms. The summed E-state index contributed by atoms with van der Waals surface area (Å²) in [5.41, 5.74) is 4.26. The number of H-pyrrole nitrogens is 1. The number of aromatic nitrogens is 1. The van der Waals surface area contributed by atoms with Crippen molar-refractivity contribution in [2.24, 2.45) is 0 Å². The number of carbonyl (C=O) groups is 3. The van der Waals surface area contributed by atoms with E-state index in [1.807, 2.05) is 121 Å². The molecule has 0 unspecified atom stereocenters. The molecule has 43 heavy (non-hydrogen) atoms. The fraction of sp³-hybridized carbons (Fsp3) is 0.171. The molecular formula is C35H33N3O5. The van der Waals surface area contributed by atoms with Gasteiger partial charge < -0.3 is 25.1 Å². The van der Waals surface area contributed by atoms with Gasteiger partial charge in [-0.05, 0) is 28.3 Å². The minimum absolute atomic E-state index is 0.0521. The van der Waals surface area contributed by atoms with Crippen LogP contribution in [-0.2, 0) is 45.1 Å². The van der Waals surface area contributed by atoms with Crippen molar-refractivity contribution in [3.05, 3.63) is 144 Å². The predicted octanol–water partition coefficient (Wildman–Crippen LogP) is 5.48. The van der Waals surface area contributed by atoms with Crippen molar-refractivity contribution >= 4 is 28.9 Å². The van der Waals surface area contributed by atoms with E-state index in [4.69, 9.17) is 9.47 Å². The Morgan fingerprint density at radius 2 is 1.16 bits per heavy atom. The number of ether oxygens (including phenoxy) is 2. The molecule has 0 saturated heterocycles. The van der Waals surface area contributed by atoms with Crippen LogP contribution in [0.2, 0.25) is 0 Å². The number of esters is 1. The van der Waals surface area contributed by atoms with Crippen LogP contribution in [0.4, 0.5) is 4.79 Å². The highest BCUT2D eigenvalue weighted by Gasteiger charge is 2.29. The van der Waals surface area contributed by atoms with Crippen molar-refractivity contribution in [1.82, 2.24) is 15.6 Å². The van der Waals surface area contributed by atoms with Gasteiger partial charge in [0.05, 0.1) is 0 Å². The smallest absolute Gasteiger partial charge is 0.408 e. The van der Waals surface area contributed by atoms with Crippen molar-refractivity contribution in [2.45, 2.75) is 38.1 Å². The van der Waals surface area contributed by atoms with Gasteiger partial charge in [-0.3, -0.25) is 4.79 Å². The number of carbonyl (C=O) groups excluding carboxylic acids is 3. The Morgan fingerprint density at radius 3 is 1.81 bits per heavy atom. The van der Waals surface area contributed by atoms with E-state index in [0.717, 1.165) is 33.2 Å². The average molecular weight is 576 g/mol. The summed E-state index contributed by atoms with van der Waals surface area (Å²) in [4.78, 5) is 43.2. The highest BCUT2D eigenvalue weighted by Crippen LogP contribution is 2.19. The third kappa shape index (κ3) is 8.33. The first-order chi connectivity index (χ1) is 21.0. The monoisotopic (exact) mass is 575 g/mol. The number of nitrogens with one attached hydrogen (secondary N) is 3. The summed E-state index contributed by atoms with van der Waals surface area (Å²) in [7, 11) is 0. The van der Waals surface area contributed by atoms with Gasteiger partial charge in [-0.25, -0.2) is 9.59 Å². The summed E-state index contributed by atoms with van der Waals surface area (Å²) in [5, 5.41) is 6.50. The lowest BCUT2D eigenvalue weighted by Crippen LogP contribution is -2.53. The molecule has 5 aromatic rings. The van der Waals surface area contributed by atoms with Crippen LogP contribution >= 0.6 is 0 Å². The lowest BCUT2D eigenvalue weighted by atomic mass is 10.0. The average Bonchev–Trinajstić information content (AvgIpc) is 3.46. The predicted molar refractivity (Wildman–Crippen MR) is 164 cm³/mol. The topological polar surface area (TPSA) is 110 Å². The second-order valence-corrected chi connectivity index (χ2v) is 10.2. The number of amides is 2. The van der Waals surface area contributed by atoms with Gasteiger partial charge in [0.1, 0.15) is 25.3 Å². The molecule has 0 fully saturated rings. The third-order valence-corrected chi connectivity index (χ3v) is 7.03. The van der Waals surface area contributed by atoms with Gasteiger partial charge in [0, 0.05) is 29.9 Å². The molecule has 4 aromatic carbocycles. The number of aromatic amines is 1. The second kappa shape index (κ2) is 14.5. The SMILES string of the molecule is O=C(N[C@H](Cc1c[nH]c2ccccc12)C(=O)N[C@H](Cc1ccccc1)C(=O)OCc1ccccc1)OCc1ccccc1. The number of para-hydroxylation sites is 1. The van der Waals surface area contributed by atoms with Crippen LogP contribution in [0.5, 0.6) is 0 Å². The van der Waals surface area contributed by atoms with Crippen molar-refractivity contribution in [1.29, 1.82) is 0 Å². The number of alkyl carbamates (subject to hydrolysis) is 1. The Bertz CT molecular complexity index is 1640. The first-order valence-corrected chi connectivity index (χ1v) is 14.1. The normalized spacial score (nSPS) is 12.2. The molecule has 1 heterocycles. The van der Waals surface area contributed by atoms with Crippen molar-refractivity contribution in [3.8, 4) is 0 Å². The van der Waals surface area contributed by atoms with E-state index >= 15 is 0 Å². The summed E-state index contributed by atoms with van der Waals surface area (Å²) in [5.74, 6) is -1.10. The molecule has 5 rings (SSSR count). The summed E-state index contributed by atoms with van der Waals surface area (Å²) >= 11 is 0. The Labute approximate surface area is 250 Å². The number of fused-ring (bicyclic) bond motifs is 1. The molecule has 2 amide bonds. The lowest BCUT2D eigenvalue weighted by Gasteiger charge is -2.23. The van der Waals surface area contributed by atoms with Gasteiger partial charge in [-0.1, -0.05) is 109 Å². The first kappa shape index (κ1) is 29.1. The molecule has 1 aromatic heterocycles. The van der Waals surface area contributed by atoms with Crippen LogP contribution in [0.15, 0.2) is 121 Å². The number of benzene rings is 4. The van der Waals surface area contributed by atoms with Gasteiger partial charge in [0.2, 0.25) is 5.91 Å². The minimum Gasteiger partial charge on any atom is -0.459 e. The third-order valence-electron chi connectivity index (χ3n) is 7.03. The van der Waals surface area contributed by atoms with E-state index in [1.165, 1.54) is 0 Å². The molecule has 0 aliphatic rings. The van der Waals surface area contributed by atoms with Crippen LogP contribution in [0.3, 0.4) is 0 Å². The Morgan fingerprint density at radius 1 is 0.605 bits per heavy atom. The maximum atomic E-state index is 13.8. The number of rotatable bonds is 12. The fourth-order valence-electron chi connectivity index (χ4n) is 4.78. The Hall–Kier alpha value is -5.37. The zero-order valence-electron chi connectivity index (χ0n) is 23.6. The second-order valence-electron chi connectivity index (χ2n) is 10.2. The molecule has 8 heteroatoms. The van der Waals surface area contributed by atoms with Crippen molar-refractivity contribution < 1.29 is 23.9 Å². The van der Waals surface area contributed by atoms with Crippen LogP contribution < -0.4 is 10.6 Å². The summed E-state index contributed by atoms with van der Waals surface area (Å²) < 4.78 is 11.0. The molecule has 2 atom stereocenters. The molecule has 0 aliphatic heterocycles. The van der Waals surface area contributed by atoms with Gasteiger partial charge in [0.25, 0.3) is 0 Å². The molecule has 0 saturated carbocycles. The van der Waals surface area contributed by atoms with Crippen molar-refractivity contribution in [3.63, 3.8) is 0 Å². The van der Waals surface area contributed by atoms with Crippen LogP contribution in [0.1, 0.15) is 22.3 Å². The number of hydrogen-bond donors (Lipinski definition) is 3. The van der Waals surface area contributed by atoms with Gasteiger partial charge in [-0.15, -0.1) is 0 Å². The van der Waals surface area contributed by atoms with Gasteiger partial charge in [-0.2, -0.15) is 0 Å². The van der Waals surface area contributed by atoms with Crippen LogP contribution in [0, 0.1) is 0 Å². The molecule has 0 aliphatic carbocycles. The molecule has 0 radical (unpaired) electrons. The zero-order chi connectivity index (χ0) is 29.9. The largest absolute Gasteiger partial charge is 0.459 e. The first-order valence-electron chi connectivity index (χ1n) is 14.1. The Kier molecular flexibility index (Phi) is 9.82. The van der Waals surface area contributed by atoms with E-state index in [9.17, 15) is 14.4 Å². The maximum Gasteiger partial charge on any atom is 0.408 e. The zero-order valence-corrected chi connectivity index (χ0v) is 23.6. The Balaban J connectivity index is 1.33. The van der Waals surface area contributed by atoms with Gasteiger partial charge in [0.15, 0.2) is 0 Å². The van der Waals surface area contributed by atoms with E-state index in [2.05, 4.69) is 15.6 Å². The van der Waals surface area contributed by atoms with E-state index in [0.29, 0.717) is 0 Å². The number of hydrogen-bond acceptors (Lipinski definition) is 5. The summed E-state index contributed by atoms with van der Waals surface area (Å²) in [6, 6.07) is 33.7. The highest BCUT2D eigenvalue weighted by atomic mass is 16.5. The molecule has 3 N–H and O–H groups in total. The van der Waals surface area contributed by atoms with E-state index in [-0.39, 0.29) is 26.1 Å². The molecule has 218 valence electrons. The quantitative estimate of drug-likeness (QED) is 0.171. The molecule has 8 nitrogen and oxygen atoms in total. The van der Waals surface area contributed by atoms with Crippen LogP contribution in [-0.4, -0.2) is 35.0 Å². The van der Waals surface area contributed by atoms with E-state index in [1.54, 1.807) is 0 Å². The standard InChI is InChI=1S/C35H33N3O5/c39-33(37-32(20-25-12-4-1-5-13-25)34(40)42-23-26-14-6-2-7-15-26)31(21-28-22-36-30-19-11-10-18-29(28)30)38-35(41)43-24-27-16-8-3-9-17-27/h1-19,22,31-32,36H,20-21,23-24H2,(H,37,39)(H,38,41)/t31-,32-/m1/s1. The summed E-state index contributed by atoms with van der Waals surface area (Å²) in [6.45, 7) is 0.125. The van der Waals surface area contributed by atoms with E-state index < -0.39 is 30.1 Å². The summed E-state index contributed by atoms with van der Waals surface area (Å²) in [6.07, 6.45) is 1.47. The molecule has 0 bridgehead atoms. The minimum atomic E-state index is -1.03. The maximum absolute atomic E-state index is 13.8. The van der Waals surface area contributed by atoms with Crippen LogP contribution in [0.25, 0.3) is 10.9 Å². The highest BCUT2D eigenvalue weighted by molar-refractivity contribution is 5.91. The molecular weight excluding hydrogens is 542 g/mol. The lowest BCUT2D eigenvalue weighted by molar-refractivity contribution is -0.149.